The summed E-state index contributed by atoms with van der Waals surface area (Å²) >= 11 is 0. The zero-order chi connectivity index (χ0) is 14.7. The zero-order valence-electron chi connectivity index (χ0n) is 13.1. The van der Waals surface area contributed by atoms with Crippen LogP contribution in [0.25, 0.3) is 0 Å². The first-order valence-corrected chi connectivity index (χ1v) is 8.45. The molecule has 2 nitrogen and oxygen atoms in total. The second-order valence-corrected chi connectivity index (χ2v) is 6.71. The molecule has 0 radical (unpaired) electrons. The standard InChI is InChI=1S/C18H27FN2/c1-15(13-16-6-8-17(19)9-7-16)21-12-4-11-20-10-3-2-5-18(20)14-21/h6-9,15,18H,2-5,10-14H2,1H3. The summed E-state index contributed by atoms with van der Waals surface area (Å²) in [7, 11) is 0. The molecule has 2 atom stereocenters. The van der Waals surface area contributed by atoms with Gasteiger partial charge >= 0.3 is 0 Å². The SMILES string of the molecule is CC(Cc1ccc(F)cc1)N1CCCN2CCCCC2C1. The van der Waals surface area contributed by atoms with E-state index in [4.69, 9.17) is 0 Å². The topological polar surface area (TPSA) is 6.48 Å². The van der Waals surface area contributed by atoms with Gasteiger partial charge in [0.2, 0.25) is 0 Å². The number of piperidine rings is 1. The van der Waals surface area contributed by atoms with Crippen LogP contribution in [0, 0.1) is 5.82 Å². The Morgan fingerprint density at radius 3 is 2.67 bits per heavy atom. The van der Waals surface area contributed by atoms with Crippen molar-refractivity contribution in [3.8, 4) is 0 Å². The van der Waals surface area contributed by atoms with E-state index in [1.165, 1.54) is 57.4 Å². The Morgan fingerprint density at radius 1 is 1.10 bits per heavy atom. The van der Waals surface area contributed by atoms with Crippen molar-refractivity contribution in [2.24, 2.45) is 0 Å². The molecule has 1 aromatic rings. The van der Waals surface area contributed by atoms with Gasteiger partial charge in [-0.25, -0.2) is 4.39 Å². The fourth-order valence-corrected chi connectivity index (χ4v) is 3.89. The quantitative estimate of drug-likeness (QED) is 0.842. The summed E-state index contributed by atoms with van der Waals surface area (Å²) in [6.45, 7) is 7.30. The average Bonchev–Trinajstić information content (AvgIpc) is 2.72. The van der Waals surface area contributed by atoms with Crippen molar-refractivity contribution in [3.05, 3.63) is 35.6 Å². The van der Waals surface area contributed by atoms with Crippen LogP contribution < -0.4 is 0 Å². The maximum Gasteiger partial charge on any atom is 0.123 e. The molecule has 21 heavy (non-hydrogen) atoms. The van der Waals surface area contributed by atoms with Crippen LogP contribution in [0.15, 0.2) is 24.3 Å². The average molecular weight is 290 g/mol. The number of hydrogen-bond donors (Lipinski definition) is 0. The second kappa shape index (κ2) is 6.89. The van der Waals surface area contributed by atoms with Crippen LogP contribution in [0.4, 0.5) is 4.39 Å². The van der Waals surface area contributed by atoms with Crippen LogP contribution in [-0.4, -0.2) is 48.1 Å². The molecular weight excluding hydrogens is 263 g/mol. The van der Waals surface area contributed by atoms with Gasteiger partial charge in [0.05, 0.1) is 0 Å². The van der Waals surface area contributed by atoms with Crippen molar-refractivity contribution < 1.29 is 4.39 Å². The Bertz CT molecular complexity index is 445. The van der Waals surface area contributed by atoms with Crippen LogP contribution in [0.1, 0.15) is 38.2 Å². The Hall–Kier alpha value is -0.930. The first kappa shape index (κ1) is 15.0. The molecular formula is C18H27FN2. The Morgan fingerprint density at radius 2 is 1.86 bits per heavy atom. The summed E-state index contributed by atoms with van der Waals surface area (Å²) in [6, 6.07) is 8.31. The second-order valence-electron chi connectivity index (χ2n) is 6.71. The van der Waals surface area contributed by atoms with Crippen molar-refractivity contribution in [3.63, 3.8) is 0 Å². The van der Waals surface area contributed by atoms with Crippen LogP contribution in [0.3, 0.4) is 0 Å². The number of fused-ring (bicyclic) bond motifs is 1. The molecule has 2 fully saturated rings. The van der Waals surface area contributed by atoms with Gasteiger partial charge in [-0.15, -0.1) is 0 Å². The molecule has 2 aliphatic heterocycles. The molecule has 0 aliphatic carbocycles. The molecule has 0 bridgehead atoms. The van der Waals surface area contributed by atoms with Gasteiger partial charge in [-0.1, -0.05) is 18.6 Å². The molecule has 2 saturated heterocycles. The number of nitrogens with zero attached hydrogens (tertiary/aromatic N) is 2. The highest BCUT2D eigenvalue weighted by Gasteiger charge is 2.28. The molecule has 3 rings (SSSR count). The first-order chi connectivity index (χ1) is 10.2. The molecule has 0 aromatic heterocycles. The van der Waals surface area contributed by atoms with E-state index in [9.17, 15) is 4.39 Å². The van der Waals surface area contributed by atoms with Gasteiger partial charge < -0.3 is 0 Å². The van der Waals surface area contributed by atoms with Crippen LogP contribution in [0.2, 0.25) is 0 Å². The summed E-state index contributed by atoms with van der Waals surface area (Å²) in [4.78, 5) is 5.35. The van der Waals surface area contributed by atoms with E-state index in [1.807, 2.05) is 12.1 Å². The number of hydrogen-bond acceptors (Lipinski definition) is 2. The molecule has 2 heterocycles. The zero-order valence-corrected chi connectivity index (χ0v) is 13.1. The number of benzene rings is 1. The number of rotatable bonds is 3. The molecule has 1 aromatic carbocycles. The molecule has 3 heteroatoms. The fraction of sp³-hybridized carbons (Fsp3) is 0.667. The molecule has 0 amide bonds. The van der Waals surface area contributed by atoms with E-state index in [1.54, 1.807) is 12.1 Å². The normalized spacial score (nSPS) is 26.1. The highest BCUT2D eigenvalue weighted by atomic mass is 19.1. The molecule has 2 aliphatic rings. The van der Waals surface area contributed by atoms with Crippen LogP contribution in [0.5, 0.6) is 0 Å². The van der Waals surface area contributed by atoms with E-state index < -0.39 is 0 Å². The van der Waals surface area contributed by atoms with E-state index >= 15 is 0 Å². The first-order valence-electron chi connectivity index (χ1n) is 8.45. The predicted octanol–water partition coefficient (Wildman–Crippen LogP) is 3.32. The Labute approximate surface area is 127 Å². The monoisotopic (exact) mass is 290 g/mol. The van der Waals surface area contributed by atoms with Crippen molar-refractivity contribution in [2.75, 3.05) is 26.2 Å². The molecule has 0 saturated carbocycles. The lowest BCUT2D eigenvalue weighted by atomic mass is 10.0. The highest BCUT2D eigenvalue weighted by Crippen LogP contribution is 2.22. The van der Waals surface area contributed by atoms with Gasteiger partial charge in [-0.05, 0) is 69.9 Å². The predicted molar refractivity (Wildman–Crippen MR) is 85.0 cm³/mol. The minimum Gasteiger partial charge on any atom is -0.299 e. The van der Waals surface area contributed by atoms with E-state index in [0.717, 1.165) is 12.5 Å². The summed E-state index contributed by atoms with van der Waals surface area (Å²) in [6.07, 6.45) is 6.43. The fourth-order valence-electron chi connectivity index (χ4n) is 3.89. The van der Waals surface area contributed by atoms with E-state index in [2.05, 4.69) is 16.7 Å². The van der Waals surface area contributed by atoms with Crippen molar-refractivity contribution in [1.82, 2.24) is 9.80 Å². The minimum absolute atomic E-state index is 0.140. The van der Waals surface area contributed by atoms with Crippen LogP contribution in [-0.2, 0) is 6.42 Å². The minimum atomic E-state index is -0.140. The third-order valence-corrected chi connectivity index (χ3v) is 5.15. The number of halogens is 1. The molecule has 0 spiro atoms. The molecule has 2 unspecified atom stereocenters. The van der Waals surface area contributed by atoms with Gasteiger partial charge in [0.25, 0.3) is 0 Å². The lowest BCUT2D eigenvalue weighted by Crippen LogP contribution is -2.46. The molecule has 116 valence electrons. The largest absolute Gasteiger partial charge is 0.299 e. The van der Waals surface area contributed by atoms with Gasteiger partial charge in [0, 0.05) is 18.6 Å². The van der Waals surface area contributed by atoms with Crippen molar-refractivity contribution in [2.45, 2.75) is 51.1 Å². The Kier molecular flexibility index (Phi) is 4.91. The Balaban J connectivity index is 1.60. The summed E-state index contributed by atoms with van der Waals surface area (Å²) < 4.78 is 13.0. The summed E-state index contributed by atoms with van der Waals surface area (Å²) in [5.74, 6) is -0.140. The maximum absolute atomic E-state index is 13.0. The van der Waals surface area contributed by atoms with Gasteiger partial charge in [0.1, 0.15) is 5.82 Å². The lowest BCUT2D eigenvalue weighted by Gasteiger charge is -2.37. The summed E-state index contributed by atoms with van der Waals surface area (Å²) in [5, 5.41) is 0. The van der Waals surface area contributed by atoms with E-state index in [0.29, 0.717) is 6.04 Å². The smallest absolute Gasteiger partial charge is 0.123 e. The summed E-state index contributed by atoms with van der Waals surface area (Å²) in [5.41, 5.74) is 1.24. The van der Waals surface area contributed by atoms with Gasteiger partial charge in [-0.3, -0.25) is 9.80 Å². The van der Waals surface area contributed by atoms with Crippen LogP contribution >= 0.6 is 0 Å². The van der Waals surface area contributed by atoms with Gasteiger partial charge in [0.15, 0.2) is 0 Å². The maximum atomic E-state index is 13.0. The van der Waals surface area contributed by atoms with Crippen molar-refractivity contribution >= 4 is 0 Å². The van der Waals surface area contributed by atoms with Gasteiger partial charge in [-0.2, -0.15) is 0 Å². The lowest BCUT2D eigenvalue weighted by molar-refractivity contribution is 0.123. The van der Waals surface area contributed by atoms with E-state index in [-0.39, 0.29) is 5.82 Å². The third kappa shape index (κ3) is 3.83. The highest BCUT2D eigenvalue weighted by molar-refractivity contribution is 5.17. The van der Waals surface area contributed by atoms with Crippen molar-refractivity contribution in [1.29, 1.82) is 0 Å². The molecule has 0 N–H and O–H groups in total. The third-order valence-electron chi connectivity index (χ3n) is 5.15.